The number of rotatable bonds is 4. The third-order valence-corrected chi connectivity index (χ3v) is 5.15. The molecule has 0 N–H and O–H groups in total. The van der Waals surface area contributed by atoms with E-state index in [2.05, 4.69) is 13.8 Å². The highest BCUT2D eigenvalue weighted by Crippen LogP contribution is 2.34. The molecule has 0 radical (unpaired) electrons. The normalized spacial score (nSPS) is 11.5. The molecule has 138 valence electrons. The number of nitrogens with zero attached hydrogens (tertiary/aromatic N) is 3. The van der Waals surface area contributed by atoms with Crippen molar-refractivity contribution < 1.29 is 4.74 Å². The summed E-state index contributed by atoms with van der Waals surface area (Å²) in [6, 6.07) is 5.73. The molecular formula is C20H24ClN3O2. The Hall–Kier alpha value is -2.27. The van der Waals surface area contributed by atoms with Crippen LogP contribution in [0.25, 0.3) is 16.9 Å². The Morgan fingerprint density at radius 2 is 1.92 bits per heavy atom. The molecule has 0 aliphatic carbocycles. The molecule has 0 saturated carbocycles. The molecule has 0 amide bonds. The van der Waals surface area contributed by atoms with Crippen molar-refractivity contribution in [2.75, 3.05) is 7.11 Å². The molecule has 0 bridgehead atoms. The van der Waals surface area contributed by atoms with Gasteiger partial charge in [0.2, 0.25) is 0 Å². The van der Waals surface area contributed by atoms with Crippen LogP contribution in [0.2, 0.25) is 5.02 Å². The predicted octanol–water partition coefficient (Wildman–Crippen LogP) is 4.59. The molecule has 1 aromatic carbocycles. The molecule has 3 rings (SSSR count). The summed E-state index contributed by atoms with van der Waals surface area (Å²) < 4.78 is 8.96. The molecule has 0 atom stereocenters. The van der Waals surface area contributed by atoms with Gasteiger partial charge in [0.25, 0.3) is 5.56 Å². The fourth-order valence-electron chi connectivity index (χ4n) is 3.30. The Balaban J connectivity index is 2.44. The largest absolute Gasteiger partial charge is 0.496 e. The zero-order valence-corrected chi connectivity index (χ0v) is 16.8. The van der Waals surface area contributed by atoms with Gasteiger partial charge in [-0.05, 0) is 56.0 Å². The second-order valence-corrected chi connectivity index (χ2v) is 7.24. The SMILES string of the molecule is CCn1c(-c2cc(Cl)c(C)cc2OC)nn2c(C)cc(C(C)C)c2c1=O. The summed E-state index contributed by atoms with van der Waals surface area (Å²) in [5.74, 6) is 1.44. The van der Waals surface area contributed by atoms with E-state index in [0.29, 0.717) is 34.2 Å². The van der Waals surface area contributed by atoms with E-state index in [-0.39, 0.29) is 11.5 Å². The number of aryl methyl sites for hydroxylation is 2. The topological polar surface area (TPSA) is 48.5 Å². The maximum absolute atomic E-state index is 13.3. The molecule has 5 nitrogen and oxygen atoms in total. The van der Waals surface area contributed by atoms with Crippen molar-refractivity contribution in [3.8, 4) is 17.1 Å². The maximum atomic E-state index is 13.3. The van der Waals surface area contributed by atoms with E-state index < -0.39 is 0 Å². The van der Waals surface area contributed by atoms with Gasteiger partial charge in [-0.2, -0.15) is 0 Å². The molecule has 26 heavy (non-hydrogen) atoms. The van der Waals surface area contributed by atoms with Crippen LogP contribution >= 0.6 is 11.6 Å². The summed E-state index contributed by atoms with van der Waals surface area (Å²) in [5, 5.41) is 5.42. The summed E-state index contributed by atoms with van der Waals surface area (Å²) in [4.78, 5) is 13.3. The van der Waals surface area contributed by atoms with E-state index >= 15 is 0 Å². The van der Waals surface area contributed by atoms with Crippen molar-refractivity contribution in [3.63, 3.8) is 0 Å². The lowest BCUT2D eigenvalue weighted by atomic mass is 10.1. The second kappa shape index (κ2) is 6.80. The Kier molecular flexibility index (Phi) is 4.84. The van der Waals surface area contributed by atoms with Gasteiger partial charge in [-0.3, -0.25) is 9.36 Å². The van der Waals surface area contributed by atoms with Crippen LogP contribution < -0.4 is 10.3 Å². The molecule has 2 heterocycles. The first kappa shape index (κ1) is 18.5. The highest BCUT2D eigenvalue weighted by Gasteiger charge is 2.21. The van der Waals surface area contributed by atoms with Crippen LogP contribution in [0.1, 0.15) is 43.5 Å². The van der Waals surface area contributed by atoms with Crippen LogP contribution in [0.15, 0.2) is 23.0 Å². The average molecular weight is 374 g/mol. The Morgan fingerprint density at radius 1 is 1.23 bits per heavy atom. The van der Waals surface area contributed by atoms with Crippen molar-refractivity contribution >= 4 is 17.1 Å². The van der Waals surface area contributed by atoms with Crippen molar-refractivity contribution in [2.45, 2.75) is 47.1 Å². The number of hydrogen-bond donors (Lipinski definition) is 0. The fraction of sp³-hybridized carbons (Fsp3) is 0.400. The minimum atomic E-state index is -0.0481. The fourth-order valence-corrected chi connectivity index (χ4v) is 3.46. The van der Waals surface area contributed by atoms with Gasteiger partial charge in [0, 0.05) is 17.3 Å². The lowest BCUT2D eigenvalue weighted by Gasteiger charge is -2.16. The van der Waals surface area contributed by atoms with Crippen molar-refractivity contribution in [3.05, 3.63) is 50.4 Å². The van der Waals surface area contributed by atoms with Gasteiger partial charge >= 0.3 is 0 Å². The third kappa shape index (κ3) is 2.80. The number of aromatic nitrogens is 3. The van der Waals surface area contributed by atoms with Gasteiger partial charge in [0.05, 0.1) is 12.7 Å². The molecule has 0 saturated heterocycles. The van der Waals surface area contributed by atoms with E-state index in [9.17, 15) is 4.79 Å². The van der Waals surface area contributed by atoms with Crippen molar-refractivity contribution in [2.24, 2.45) is 0 Å². The van der Waals surface area contributed by atoms with Crippen molar-refractivity contribution in [1.82, 2.24) is 14.2 Å². The van der Waals surface area contributed by atoms with E-state index in [0.717, 1.165) is 16.8 Å². The van der Waals surface area contributed by atoms with E-state index in [4.69, 9.17) is 21.4 Å². The van der Waals surface area contributed by atoms with Crippen LogP contribution in [0, 0.1) is 13.8 Å². The summed E-state index contributed by atoms with van der Waals surface area (Å²) >= 11 is 6.35. The summed E-state index contributed by atoms with van der Waals surface area (Å²) in [6.45, 7) is 10.5. The second-order valence-electron chi connectivity index (χ2n) is 6.83. The van der Waals surface area contributed by atoms with Crippen molar-refractivity contribution in [1.29, 1.82) is 0 Å². The molecule has 0 fully saturated rings. The van der Waals surface area contributed by atoms with E-state index in [1.807, 2.05) is 39.0 Å². The minimum Gasteiger partial charge on any atom is -0.496 e. The number of fused-ring (bicyclic) bond motifs is 1. The molecule has 0 aliphatic rings. The Bertz CT molecular complexity index is 1050. The molecule has 3 aromatic rings. The zero-order valence-electron chi connectivity index (χ0n) is 16.1. The zero-order chi connectivity index (χ0) is 19.2. The van der Waals surface area contributed by atoms with Gasteiger partial charge in [-0.1, -0.05) is 25.4 Å². The quantitative estimate of drug-likeness (QED) is 0.672. The Morgan fingerprint density at radius 3 is 2.50 bits per heavy atom. The van der Waals surface area contributed by atoms with Crippen LogP contribution in [0.3, 0.4) is 0 Å². The summed E-state index contributed by atoms with van der Waals surface area (Å²) in [6.07, 6.45) is 0. The standard InChI is InChI=1S/C20H24ClN3O2/c1-7-23-19(15-10-16(21)12(4)8-17(15)26-6)22-24-13(5)9-14(11(2)3)18(24)20(23)25/h8-11H,7H2,1-6H3. The first-order valence-corrected chi connectivity index (χ1v) is 9.15. The van der Waals surface area contributed by atoms with Crippen LogP contribution in [-0.4, -0.2) is 21.3 Å². The average Bonchev–Trinajstić information content (AvgIpc) is 2.94. The van der Waals surface area contributed by atoms with E-state index in [1.54, 1.807) is 16.2 Å². The van der Waals surface area contributed by atoms with Gasteiger partial charge in [-0.25, -0.2) is 4.52 Å². The summed E-state index contributed by atoms with van der Waals surface area (Å²) in [7, 11) is 1.61. The highest BCUT2D eigenvalue weighted by atomic mass is 35.5. The number of halogens is 1. The monoisotopic (exact) mass is 373 g/mol. The third-order valence-electron chi connectivity index (χ3n) is 4.74. The minimum absolute atomic E-state index is 0.0481. The van der Waals surface area contributed by atoms with Crippen LogP contribution in [0.4, 0.5) is 0 Å². The number of methoxy groups -OCH3 is 1. The predicted molar refractivity (Wildman–Crippen MR) is 106 cm³/mol. The van der Waals surface area contributed by atoms with E-state index in [1.165, 1.54) is 0 Å². The van der Waals surface area contributed by atoms with Crippen LogP contribution in [0.5, 0.6) is 5.75 Å². The molecule has 6 heteroatoms. The first-order valence-electron chi connectivity index (χ1n) is 8.77. The lowest BCUT2D eigenvalue weighted by Crippen LogP contribution is -2.26. The number of benzene rings is 1. The van der Waals surface area contributed by atoms with Gasteiger partial charge in [0.15, 0.2) is 5.82 Å². The molecule has 0 aliphatic heterocycles. The first-order chi connectivity index (χ1) is 12.3. The van der Waals surface area contributed by atoms with Crippen LogP contribution in [-0.2, 0) is 6.54 Å². The molecular weight excluding hydrogens is 350 g/mol. The van der Waals surface area contributed by atoms with Gasteiger partial charge in [0.1, 0.15) is 11.3 Å². The number of ether oxygens (including phenoxy) is 1. The van der Waals surface area contributed by atoms with Gasteiger partial charge < -0.3 is 4.74 Å². The number of hydrogen-bond acceptors (Lipinski definition) is 3. The lowest BCUT2D eigenvalue weighted by molar-refractivity contribution is 0.415. The smallest absolute Gasteiger partial charge is 0.278 e. The molecule has 0 spiro atoms. The summed E-state index contributed by atoms with van der Waals surface area (Å²) in [5.41, 5.74) is 4.17. The van der Waals surface area contributed by atoms with Gasteiger partial charge in [-0.15, -0.1) is 5.10 Å². The Labute approximate surface area is 158 Å². The highest BCUT2D eigenvalue weighted by molar-refractivity contribution is 6.31. The maximum Gasteiger partial charge on any atom is 0.278 e. The molecule has 0 unspecified atom stereocenters. The molecule has 2 aromatic heterocycles.